The van der Waals surface area contributed by atoms with Crippen molar-refractivity contribution in [1.82, 2.24) is 0 Å². The number of aryl methyl sites for hydroxylation is 2. The molecule has 9 rings (SSSR count). The van der Waals surface area contributed by atoms with Gasteiger partial charge in [-0.2, -0.15) is 0 Å². The number of fused-ring (bicyclic) bond motifs is 2. The average molecular weight is 715 g/mol. The highest BCUT2D eigenvalue weighted by atomic mass is 14.2. The second-order valence-electron chi connectivity index (χ2n) is 14.6. The summed E-state index contributed by atoms with van der Waals surface area (Å²) in [7, 11) is 0. The van der Waals surface area contributed by atoms with Crippen molar-refractivity contribution < 1.29 is 0 Å². The third-order valence-electron chi connectivity index (χ3n) is 11.0. The summed E-state index contributed by atoms with van der Waals surface area (Å²) in [6, 6.07) is 74.6. The molecule has 0 aliphatic carbocycles. The van der Waals surface area contributed by atoms with E-state index in [1.807, 2.05) is 0 Å². The quantitative estimate of drug-likeness (QED) is 0.109. The van der Waals surface area contributed by atoms with Gasteiger partial charge >= 0.3 is 0 Å². The van der Waals surface area contributed by atoms with Crippen molar-refractivity contribution in [3.8, 4) is 22.3 Å². The molecule has 0 bridgehead atoms. The number of rotatable bonds is 8. The smallest absolute Gasteiger partial charge is 0.00263 e. The lowest BCUT2D eigenvalue weighted by atomic mass is 9.84. The molecule has 266 valence electrons. The standard InChI is InChI=1S/C56H42/c1-39-35-47(33-31-45(39)37-53(41-19-7-3-8-20-41)42-21-9-4-10-22-42)55-49-27-15-17-29-51(49)56(52-30-18-16-28-50(52)55)48-34-32-46(40(2)36-48)38-54(43-23-11-5-12-24-43)44-25-13-6-14-26-44/h3-38H,1-2H3. The first-order valence-electron chi connectivity index (χ1n) is 19.4. The molecule has 0 heteroatoms. The molecule has 0 N–H and O–H groups in total. The van der Waals surface area contributed by atoms with Gasteiger partial charge in [0.05, 0.1) is 0 Å². The summed E-state index contributed by atoms with van der Waals surface area (Å²) >= 11 is 0. The molecule has 0 atom stereocenters. The van der Waals surface area contributed by atoms with Crippen LogP contribution in [0.5, 0.6) is 0 Å². The largest absolute Gasteiger partial charge is 0.0622 e. The molecule has 0 heterocycles. The summed E-state index contributed by atoms with van der Waals surface area (Å²) in [5.74, 6) is 0. The summed E-state index contributed by atoms with van der Waals surface area (Å²) in [6.07, 6.45) is 4.68. The Morgan fingerprint density at radius 3 is 0.839 bits per heavy atom. The van der Waals surface area contributed by atoms with Crippen LogP contribution in [0, 0.1) is 13.8 Å². The molecule has 0 saturated carbocycles. The Balaban J connectivity index is 1.17. The Bertz CT molecular complexity index is 2540. The minimum atomic E-state index is 1.21. The minimum Gasteiger partial charge on any atom is -0.0622 e. The molecule has 9 aromatic rings. The zero-order chi connectivity index (χ0) is 37.8. The molecule has 0 amide bonds. The van der Waals surface area contributed by atoms with E-state index in [0.29, 0.717) is 0 Å². The van der Waals surface area contributed by atoms with Crippen LogP contribution in [-0.2, 0) is 0 Å². The lowest BCUT2D eigenvalue weighted by Crippen LogP contribution is -1.94. The van der Waals surface area contributed by atoms with Crippen LogP contribution in [0.3, 0.4) is 0 Å². The fraction of sp³-hybridized carbons (Fsp3) is 0.0357. The molecular formula is C56H42. The van der Waals surface area contributed by atoms with Crippen LogP contribution in [-0.4, -0.2) is 0 Å². The van der Waals surface area contributed by atoms with Gasteiger partial charge in [0, 0.05) is 0 Å². The predicted molar refractivity (Wildman–Crippen MR) is 242 cm³/mol. The molecule has 0 spiro atoms. The first-order valence-corrected chi connectivity index (χ1v) is 19.4. The summed E-state index contributed by atoms with van der Waals surface area (Å²) in [5, 5.41) is 5.04. The fourth-order valence-electron chi connectivity index (χ4n) is 8.19. The van der Waals surface area contributed by atoms with Gasteiger partial charge in [0.15, 0.2) is 0 Å². The second kappa shape index (κ2) is 15.4. The van der Waals surface area contributed by atoms with E-state index in [1.54, 1.807) is 0 Å². The Morgan fingerprint density at radius 2 is 0.571 bits per heavy atom. The molecule has 0 aliphatic rings. The lowest BCUT2D eigenvalue weighted by Gasteiger charge is -2.19. The first-order chi connectivity index (χ1) is 27.6. The summed E-state index contributed by atoms with van der Waals surface area (Å²) in [6.45, 7) is 4.48. The third kappa shape index (κ3) is 6.79. The Kier molecular flexibility index (Phi) is 9.54. The van der Waals surface area contributed by atoms with Crippen LogP contribution in [0.25, 0.3) is 67.1 Å². The molecule has 9 aromatic carbocycles. The highest BCUT2D eigenvalue weighted by molar-refractivity contribution is 6.21. The van der Waals surface area contributed by atoms with Crippen LogP contribution >= 0.6 is 0 Å². The van der Waals surface area contributed by atoms with Gasteiger partial charge in [0.25, 0.3) is 0 Å². The van der Waals surface area contributed by atoms with E-state index in [9.17, 15) is 0 Å². The zero-order valence-electron chi connectivity index (χ0n) is 31.8. The topological polar surface area (TPSA) is 0 Å². The van der Waals surface area contributed by atoms with Gasteiger partial charge in [0.2, 0.25) is 0 Å². The van der Waals surface area contributed by atoms with Gasteiger partial charge in [-0.05, 0) is 125 Å². The van der Waals surface area contributed by atoms with E-state index in [0.717, 1.165) is 0 Å². The van der Waals surface area contributed by atoms with Crippen molar-refractivity contribution in [2.45, 2.75) is 13.8 Å². The van der Waals surface area contributed by atoms with Crippen LogP contribution in [0.4, 0.5) is 0 Å². The van der Waals surface area contributed by atoms with Crippen molar-refractivity contribution in [1.29, 1.82) is 0 Å². The van der Waals surface area contributed by atoms with E-state index < -0.39 is 0 Å². The zero-order valence-corrected chi connectivity index (χ0v) is 31.8. The average Bonchev–Trinajstić information content (AvgIpc) is 3.26. The Morgan fingerprint density at radius 1 is 0.304 bits per heavy atom. The number of hydrogen-bond acceptors (Lipinski definition) is 0. The van der Waals surface area contributed by atoms with Gasteiger partial charge < -0.3 is 0 Å². The summed E-state index contributed by atoms with van der Waals surface area (Å²) in [4.78, 5) is 0. The minimum absolute atomic E-state index is 1.21. The Labute approximate surface area is 330 Å². The highest BCUT2D eigenvalue weighted by Crippen LogP contribution is 2.44. The van der Waals surface area contributed by atoms with Crippen LogP contribution in [0.15, 0.2) is 206 Å². The van der Waals surface area contributed by atoms with Crippen molar-refractivity contribution in [2.24, 2.45) is 0 Å². The van der Waals surface area contributed by atoms with Gasteiger partial charge in [0.1, 0.15) is 0 Å². The SMILES string of the molecule is Cc1cc(-c2c3ccccc3c(-c3ccc(C=C(c4ccccc4)c4ccccc4)c(C)c3)c3ccccc23)ccc1C=C(c1ccccc1)c1ccccc1. The molecule has 0 nitrogen and oxygen atoms in total. The molecule has 0 aliphatic heterocycles. The molecular weight excluding hydrogens is 673 g/mol. The predicted octanol–water partition coefficient (Wildman–Crippen LogP) is 15.1. The van der Waals surface area contributed by atoms with Crippen molar-refractivity contribution in [2.75, 3.05) is 0 Å². The van der Waals surface area contributed by atoms with Crippen molar-refractivity contribution in [3.63, 3.8) is 0 Å². The first kappa shape index (κ1) is 34.7. The lowest BCUT2D eigenvalue weighted by molar-refractivity contribution is 1.44. The van der Waals surface area contributed by atoms with E-state index in [2.05, 4.69) is 232 Å². The number of benzene rings is 9. The van der Waals surface area contributed by atoms with Crippen molar-refractivity contribution in [3.05, 3.63) is 251 Å². The maximum atomic E-state index is 2.37. The second-order valence-corrected chi connectivity index (χ2v) is 14.6. The summed E-state index contributed by atoms with van der Waals surface area (Å²) < 4.78 is 0. The van der Waals surface area contributed by atoms with Crippen LogP contribution in [0.2, 0.25) is 0 Å². The van der Waals surface area contributed by atoms with E-state index in [4.69, 9.17) is 0 Å². The van der Waals surface area contributed by atoms with E-state index >= 15 is 0 Å². The van der Waals surface area contributed by atoms with Crippen LogP contribution in [0.1, 0.15) is 44.5 Å². The maximum absolute atomic E-state index is 2.37. The van der Waals surface area contributed by atoms with Gasteiger partial charge in [-0.25, -0.2) is 0 Å². The number of hydrogen-bond donors (Lipinski definition) is 0. The molecule has 0 saturated heterocycles. The van der Waals surface area contributed by atoms with Crippen LogP contribution < -0.4 is 0 Å². The highest BCUT2D eigenvalue weighted by Gasteiger charge is 2.18. The van der Waals surface area contributed by atoms with Gasteiger partial charge in [-0.3, -0.25) is 0 Å². The van der Waals surface area contributed by atoms with Gasteiger partial charge in [-0.1, -0.05) is 206 Å². The Hall–Kier alpha value is -7.02. The molecule has 56 heavy (non-hydrogen) atoms. The summed E-state index contributed by atoms with van der Waals surface area (Å²) in [5.41, 5.74) is 17.2. The molecule has 0 radical (unpaired) electrons. The normalized spacial score (nSPS) is 11.0. The molecule has 0 aromatic heterocycles. The molecule has 0 fully saturated rings. The third-order valence-corrected chi connectivity index (χ3v) is 11.0. The maximum Gasteiger partial charge on any atom is -0.00263 e. The fourth-order valence-corrected chi connectivity index (χ4v) is 8.19. The van der Waals surface area contributed by atoms with E-state index in [1.165, 1.54) is 99.5 Å². The molecule has 0 unspecified atom stereocenters. The van der Waals surface area contributed by atoms with Gasteiger partial charge in [-0.15, -0.1) is 0 Å². The van der Waals surface area contributed by atoms with E-state index in [-0.39, 0.29) is 0 Å². The monoisotopic (exact) mass is 714 g/mol. The van der Waals surface area contributed by atoms with Crippen molar-refractivity contribution >= 4 is 44.8 Å².